The first-order valence-corrected chi connectivity index (χ1v) is 6.04. The van der Waals surface area contributed by atoms with E-state index in [2.05, 4.69) is 23.2 Å². The van der Waals surface area contributed by atoms with Gasteiger partial charge in [0.15, 0.2) is 0 Å². The number of para-hydroxylation sites is 2. The average molecular weight is 240 g/mol. The molecule has 1 heterocycles. The summed E-state index contributed by atoms with van der Waals surface area (Å²) in [6.45, 7) is 1.62. The highest BCUT2D eigenvalue weighted by molar-refractivity contribution is 6.08. The molecule has 3 nitrogen and oxygen atoms in total. The van der Waals surface area contributed by atoms with Crippen molar-refractivity contribution in [1.29, 1.82) is 0 Å². The maximum absolute atomic E-state index is 9.77. The van der Waals surface area contributed by atoms with E-state index >= 15 is 0 Å². The summed E-state index contributed by atoms with van der Waals surface area (Å²) >= 11 is 0. The van der Waals surface area contributed by atoms with Gasteiger partial charge in [0.25, 0.3) is 0 Å². The fourth-order valence-electron chi connectivity index (χ4n) is 2.47. The Balaban J connectivity index is 2.28. The van der Waals surface area contributed by atoms with Crippen LogP contribution in [-0.4, -0.2) is 15.8 Å². The van der Waals surface area contributed by atoms with Gasteiger partial charge in [-0.3, -0.25) is 0 Å². The van der Waals surface area contributed by atoms with E-state index in [-0.39, 0.29) is 0 Å². The predicted octanol–water partition coefficient (Wildman–Crippen LogP) is 2.53. The summed E-state index contributed by atoms with van der Waals surface area (Å²) in [7, 11) is 0. The molecule has 2 aromatic carbocycles. The molecule has 0 saturated carbocycles. The number of hydrogen-bond donors (Lipinski definition) is 3. The van der Waals surface area contributed by atoms with Crippen LogP contribution in [0.2, 0.25) is 0 Å². The maximum Gasteiger partial charge on any atom is 0.114 e. The molecule has 0 radical (unpaired) electrons. The second kappa shape index (κ2) is 3.83. The van der Waals surface area contributed by atoms with Gasteiger partial charge in [-0.2, -0.15) is 0 Å². The molecule has 92 valence electrons. The Morgan fingerprint density at radius 1 is 1.11 bits per heavy atom. The van der Waals surface area contributed by atoms with Gasteiger partial charge in [-0.15, -0.1) is 0 Å². The Bertz CT molecular complexity index is 707. The molecule has 0 aliphatic rings. The van der Waals surface area contributed by atoms with Crippen molar-refractivity contribution in [2.45, 2.75) is 19.1 Å². The summed E-state index contributed by atoms with van der Waals surface area (Å²) in [4.78, 5) is 3.40. The lowest BCUT2D eigenvalue weighted by Gasteiger charge is -2.17. The van der Waals surface area contributed by atoms with E-state index in [9.17, 15) is 5.11 Å². The lowest BCUT2D eigenvalue weighted by atomic mass is 10.0. The molecule has 0 fully saturated rings. The standard InChI is InChI=1S/C15H16N2O/c1-15(16,18)9-10-5-4-7-12-11-6-2-3-8-13(11)17-14(10)12/h2-8,17-18H,9,16H2,1H3. The van der Waals surface area contributed by atoms with E-state index in [4.69, 9.17) is 5.73 Å². The van der Waals surface area contributed by atoms with Crippen LogP contribution in [-0.2, 0) is 6.42 Å². The highest BCUT2D eigenvalue weighted by Gasteiger charge is 2.17. The highest BCUT2D eigenvalue weighted by Crippen LogP contribution is 2.28. The van der Waals surface area contributed by atoms with Crippen molar-refractivity contribution in [2.75, 3.05) is 0 Å². The van der Waals surface area contributed by atoms with E-state index < -0.39 is 5.72 Å². The number of aliphatic hydroxyl groups is 1. The fraction of sp³-hybridized carbons (Fsp3) is 0.200. The molecule has 1 aromatic heterocycles. The molecule has 1 unspecified atom stereocenters. The first-order chi connectivity index (χ1) is 8.54. The third kappa shape index (κ3) is 1.88. The Hall–Kier alpha value is -1.84. The van der Waals surface area contributed by atoms with Gasteiger partial charge in [0.2, 0.25) is 0 Å². The van der Waals surface area contributed by atoms with Gasteiger partial charge in [0.05, 0.1) is 0 Å². The van der Waals surface area contributed by atoms with Crippen molar-refractivity contribution in [3.63, 3.8) is 0 Å². The van der Waals surface area contributed by atoms with Crippen LogP contribution in [0.25, 0.3) is 21.8 Å². The van der Waals surface area contributed by atoms with Crippen molar-refractivity contribution < 1.29 is 5.11 Å². The van der Waals surface area contributed by atoms with Gasteiger partial charge in [-0.25, -0.2) is 0 Å². The summed E-state index contributed by atoms with van der Waals surface area (Å²) in [5, 5.41) is 12.1. The van der Waals surface area contributed by atoms with E-state index in [1.807, 2.05) is 24.3 Å². The number of benzene rings is 2. The molecule has 3 rings (SSSR count). The Kier molecular flexibility index (Phi) is 2.40. The molecule has 0 aliphatic heterocycles. The van der Waals surface area contributed by atoms with Gasteiger partial charge < -0.3 is 15.8 Å². The van der Waals surface area contributed by atoms with Gasteiger partial charge in [0.1, 0.15) is 5.72 Å². The Morgan fingerprint density at radius 2 is 1.83 bits per heavy atom. The zero-order chi connectivity index (χ0) is 12.8. The van der Waals surface area contributed by atoms with Crippen molar-refractivity contribution in [3.05, 3.63) is 48.0 Å². The second-order valence-corrected chi connectivity index (χ2v) is 5.04. The van der Waals surface area contributed by atoms with Gasteiger partial charge >= 0.3 is 0 Å². The SMILES string of the molecule is CC(N)(O)Cc1cccc2c1[nH]c1ccccc12. The molecule has 0 amide bonds. The highest BCUT2D eigenvalue weighted by atomic mass is 16.3. The molecule has 0 bridgehead atoms. The number of hydrogen-bond acceptors (Lipinski definition) is 2. The first-order valence-electron chi connectivity index (χ1n) is 6.04. The number of nitrogens with one attached hydrogen (secondary N) is 1. The monoisotopic (exact) mass is 240 g/mol. The van der Waals surface area contributed by atoms with E-state index in [0.717, 1.165) is 16.6 Å². The Morgan fingerprint density at radius 3 is 2.61 bits per heavy atom. The lowest BCUT2D eigenvalue weighted by Crippen LogP contribution is -2.37. The summed E-state index contributed by atoms with van der Waals surface area (Å²) in [6, 6.07) is 14.3. The third-order valence-electron chi connectivity index (χ3n) is 3.18. The topological polar surface area (TPSA) is 62.0 Å². The summed E-state index contributed by atoms with van der Waals surface area (Å²) < 4.78 is 0. The third-order valence-corrected chi connectivity index (χ3v) is 3.18. The van der Waals surface area contributed by atoms with Crippen LogP contribution < -0.4 is 5.73 Å². The molecule has 18 heavy (non-hydrogen) atoms. The first kappa shape index (κ1) is 11.3. The minimum absolute atomic E-state index is 0.428. The number of H-pyrrole nitrogens is 1. The fourth-order valence-corrected chi connectivity index (χ4v) is 2.47. The normalized spacial score (nSPS) is 15.1. The average Bonchev–Trinajstić information content (AvgIpc) is 2.67. The van der Waals surface area contributed by atoms with Crippen LogP contribution in [0.3, 0.4) is 0 Å². The van der Waals surface area contributed by atoms with E-state index in [1.165, 1.54) is 10.8 Å². The lowest BCUT2D eigenvalue weighted by molar-refractivity contribution is 0.0680. The maximum atomic E-state index is 9.77. The minimum Gasteiger partial charge on any atom is -0.376 e. The molecular formula is C15H16N2O. The van der Waals surface area contributed by atoms with Crippen molar-refractivity contribution in [2.24, 2.45) is 5.73 Å². The van der Waals surface area contributed by atoms with E-state index in [1.54, 1.807) is 6.92 Å². The van der Waals surface area contributed by atoms with Crippen LogP contribution in [0.4, 0.5) is 0 Å². The quantitative estimate of drug-likeness (QED) is 0.603. The smallest absolute Gasteiger partial charge is 0.114 e. The largest absolute Gasteiger partial charge is 0.376 e. The minimum atomic E-state index is -1.19. The van der Waals surface area contributed by atoms with Crippen LogP contribution >= 0.6 is 0 Å². The molecule has 1 atom stereocenters. The molecule has 0 aliphatic carbocycles. The second-order valence-electron chi connectivity index (χ2n) is 5.04. The summed E-state index contributed by atoms with van der Waals surface area (Å²) in [5.41, 5.74) is 7.71. The molecule has 4 N–H and O–H groups in total. The zero-order valence-corrected chi connectivity index (χ0v) is 10.3. The molecule has 0 spiro atoms. The van der Waals surface area contributed by atoms with Crippen LogP contribution in [0, 0.1) is 0 Å². The summed E-state index contributed by atoms with van der Waals surface area (Å²) in [6.07, 6.45) is 0.428. The molecular weight excluding hydrogens is 224 g/mol. The van der Waals surface area contributed by atoms with Crippen LogP contribution in [0.1, 0.15) is 12.5 Å². The Labute approximate surface area is 105 Å². The summed E-state index contributed by atoms with van der Waals surface area (Å²) in [5.74, 6) is 0. The number of nitrogens with two attached hydrogens (primary N) is 1. The van der Waals surface area contributed by atoms with Crippen LogP contribution in [0.15, 0.2) is 42.5 Å². The van der Waals surface area contributed by atoms with Gasteiger partial charge in [-0.05, 0) is 18.6 Å². The molecule has 3 heteroatoms. The van der Waals surface area contributed by atoms with Gasteiger partial charge in [-0.1, -0.05) is 36.4 Å². The molecule has 0 saturated heterocycles. The number of aromatic nitrogens is 1. The van der Waals surface area contributed by atoms with Crippen molar-refractivity contribution >= 4 is 21.8 Å². The van der Waals surface area contributed by atoms with Gasteiger partial charge in [0, 0.05) is 28.2 Å². The number of rotatable bonds is 2. The predicted molar refractivity (Wildman–Crippen MR) is 74.3 cm³/mol. The van der Waals surface area contributed by atoms with Crippen molar-refractivity contribution in [1.82, 2.24) is 4.98 Å². The van der Waals surface area contributed by atoms with Crippen molar-refractivity contribution in [3.8, 4) is 0 Å². The van der Waals surface area contributed by atoms with Crippen LogP contribution in [0.5, 0.6) is 0 Å². The molecule has 3 aromatic rings. The number of aromatic amines is 1. The van der Waals surface area contributed by atoms with E-state index in [0.29, 0.717) is 6.42 Å². The number of fused-ring (bicyclic) bond motifs is 3. The zero-order valence-electron chi connectivity index (χ0n) is 10.3.